The van der Waals surface area contributed by atoms with Crippen molar-refractivity contribution in [3.05, 3.63) is 94.8 Å². The molecule has 2 N–H and O–H groups in total. The molecule has 1 fully saturated rings. The largest absolute Gasteiger partial charge is 0.417 e. The zero-order chi connectivity index (χ0) is 25.6. The Kier molecular flexibility index (Phi) is 6.15. The molecule has 2 aromatic carbocycles. The summed E-state index contributed by atoms with van der Waals surface area (Å²) < 4.78 is 41.3. The number of nitrogens with one attached hydrogen (secondary N) is 1. The molecule has 4 nitrogen and oxygen atoms in total. The number of rotatable bonds is 4. The average molecular weight is 495 g/mol. The van der Waals surface area contributed by atoms with Crippen LogP contribution in [0.4, 0.5) is 18.9 Å². The number of fused-ring (bicyclic) bond motifs is 3. The Morgan fingerprint density at radius 1 is 1.11 bits per heavy atom. The van der Waals surface area contributed by atoms with E-state index in [2.05, 4.69) is 10.3 Å². The molecule has 1 aromatic heterocycles. The molecule has 2 aliphatic rings. The highest BCUT2D eigenvalue weighted by atomic mass is 19.4. The van der Waals surface area contributed by atoms with Crippen molar-refractivity contribution in [1.29, 1.82) is 0 Å². The molecule has 188 valence electrons. The number of alkyl halides is 3. The van der Waals surface area contributed by atoms with Crippen molar-refractivity contribution in [1.82, 2.24) is 4.98 Å². The standard InChI is InChI=1S/C29H29F3N2O2/c1-19-25(8-5-15-33-19)34-26(35)22-10-12-24-21(16-22)9-11-23-18-28(36,29(30,31)32)14-13-27(23,24)17-20-6-3-2-4-7-20/h2-8,10,12,15-16,23,36H,9,11,13-14,17-18H2,1H3,(H,34,35)/t23?,27-,28+/m0/s1. The number of nitrogens with zero attached hydrogens (tertiary/aromatic N) is 1. The Balaban J connectivity index is 1.51. The molecule has 0 aliphatic heterocycles. The van der Waals surface area contributed by atoms with Gasteiger partial charge in [0.1, 0.15) is 0 Å². The lowest BCUT2D eigenvalue weighted by Crippen LogP contribution is -2.56. The van der Waals surface area contributed by atoms with Crippen LogP contribution in [0, 0.1) is 12.8 Å². The quantitative estimate of drug-likeness (QED) is 0.457. The number of aryl methyl sites for hydroxylation is 2. The molecule has 1 unspecified atom stereocenters. The second-order valence-corrected chi connectivity index (χ2v) is 10.3. The molecule has 1 saturated carbocycles. The number of aliphatic hydroxyl groups is 1. The normalized spacial score (nSPS) is 25.5. The zero-order valence-electron chi connectivity index (χ0n) is 20.1. The first-order chi connectivity index (χ1) is 17.1. The van der Waals surface area contributed by atoms with Gasteiger partial charge in [-0.05, 0) is 92.3 Å². The predicted octanol–water partition coefficient (Wildman–Crippen LogP) is 6.16. The topological polar surface area (TPSA) is 62.2 Å². The lowest BCUT2D eigenvalue weighted by atomic mass is 9.52. The summed E-state index contributed by atoms with van der Waals surface area (Å²) >= 11 is 0. The molecular weight excluding hydrogens is 465 g/mol. The van der Waals surface area contributed by atoms with Gasteiger partial charge in [-0.1, -0.05) is 36.4 Å². The van der Waals surface area contributed by atoms with Gasteiger partial charge in [0.2, 0.25) is 0 Å². The van der Waals surface area contributed by atoms with Gasteiger partial charge in [0.05, 0.1) is 11.4 Å². The maximum absolute atomic E-state index is 13.8. The van der Waals surface area contributed by atoms with E-state index in [1.807, 2.05) is 49.4 Å². The van der Waals surface area contributed by atoms with Gasteiger partial charge in [-0.15, -0.1) is 0 Å². The van der Waals surface area contributed by atoms with E-state index in [1.54, 1.807) is 24.4 Å². The molecule has 1 heterocycles. The van der Waals surface area contributed by atoms with Gasteiger partial charge < -0.3 is 10.4 Å². The van der Waals surface area contributed by atoms with E-state index in [9.17, 15) is 23.1 Å². The molecule has 7 heteroatoms. The smallest absolute Gasteiger partial charge is 0.380 e. The van der Waals surface area contributed by atoms with Crippen molar-refractivity contribution < 1.29 is 23.1 Å². The van der Waals surface area contributed by atoms with E-state index >= 15 is 0 Å². The summed E-state index contributed by atoms with van der Waals surface area (Å²) in [6, 6.07) is 18.9. The highest BCUT2D eigenvalue weighted by Gasteiger charge is 2.61. The molecule has 0 spiro atoms. The fourth-order valence-electron chi connectivity index (χ4n) is 6.19. The minimum Gasteiger partial charge on any atom is -0.380 e. The maximum atomic E-state index is 13.8. The van der Waals surface area contributed by atoms with E-state index < -0.39 is 17.2 Å². The number of carbonyl (C=O) groups is 1. The number of halogens is 3. The van der Waals surface area contributed by atoms with E-state index in [4.69, 9.17) is 0 Å². The first-order valence-electron chi connectivity index (χ1n) is 12.3. The van der Waals surface area contributed by atoms with Crippen LogP contribution in [-0.4, -0.2) is 27.8 Å². The summed E-state index contributed by atoms with van der Waals surface area (Å²) in [6.07, 6.45) is -1.69. The second kappa shape index (κ2) is 9.04. The monoisotopic (exact) mass is 494 g/mol. The van der Waals surface area contributed by atoms with Gasteiger partial charge >= 0.3 is 6.18 Å². The van der Waals surface area contributed by atoms with Gasteiger partial charge in [0, 0.05) is 17.2 Å². The van der Waals surface area contributed by atoms with Crippen LogP contribution in [0.15, 0.2) is 66.9 Å². The van der Waals surface area contributed by atoms with Crippen molar-refractivity contribution >= 4 is 11.6 Å². The zero-order valence-corrected chi connectivity index (χ0v) is 20.1. The Hall–Kier alpha value is -3.19. The molecule has 5 rings (SSSR count). The van der Waals surface area contributed by atoms with Crippen molar-refractivity contribution in [3.63, 3.8) is 0 Å². The lowest BCUT2D eigenvalue weighted by Gasteiger charge is -2.53. The third-order valence-corrected chi connectivity index (χ3v) is 8.16. The Morgan fingerprint density at radius 2 is 1.89 bits per heavy atom. The minimum atomic E-state index is -4.65. The molecule has 3 aromatic rings. The Labute approximate surface area is 208 Å². The van der Waals surface area contributed by atoms with Crippen molar-refractivity contribution in [3.8, 4) is 0 Å². The van der Waals surface area contributed by atoms with Gasteiger partial charge in [-0.25, -0.2) is 0 Å². The summed E-state index contributed by atoms with van der Waals surface area (Å²) in [5.74, 6) is -0.563. The predicted molar refractivity (Wildman–Crippen MR) is 132 cm³/mol. The molecule has 3 atom stereocenters. The summed E-state index contributed by atoms with van der Waals surface area (Å²) in [5.41, 5.74) is 1.73. The molecule has 1 amide bonds. The van der Waals surface area contributed by atoms with Gasteiger partial charge in [0.15, 0.2) is 5.60 Å². The van der Waals surface area contributed by atoms with Gasteiger partial charge in [-0.2, -0.15) is 13.2 Å². The number of anilines is 1. The first kappa shape index (κ1) is 24.5. The van der Waals surface area contributed by atoms with Crippen molar-refractivity contribution in [2.75, 3.05) is 5.32 Å². The molecule has 0 radical (unpaired) electrons. The number of amides is 1. The van der Waals surface area contributed by atoms with Crippen LogP contribution < -0.4 is 5.32 Å². The van der Waals surface area contributed by atoms with Gasteiger partial charge in [0.25, 0.3) is 5.91 Å². The number of pyridine rings is 1. The van der Waals surface area contributed by atoms with Crippen LogP contribution in [0.5, 0.6) is 0 Å². The number of hydrogen-bond donors (Lipinski definition) is 2. The van der Waals surface area contributed by atoms with Crippen LogP contribution in [0.3, 0.4) is 0 Å². The van der Waals surface area contributed by atoms with E-state index in [0.29, 0.717) is 36.2 Å². The SMILES string of the molecule is Cc1ncccc1NC(=O)c1ccc2c(c1)CCC1C[C@@](O)(C(F)(F)F)CC[C@@]21Cc1ccccc1. The number of carbonyl (C=O) groups excluding carboxylic acids is 1. The van der Waals surface area contributed by atoms with E-state index in [1.165, 1.54) is 0 Å². The summed E-state index contributed by atoms with van der Waals surface area (Å²) in [5, 5.41) is 13.5. The molecule has 0 saturated heterocycles. The summed E-state index contributed by atoms with van der Waals surface area (Å²) in [4.78, 5) is 17.2. The number of hydrogen-bond acceptors (Lipinski definition) is 3. The third-order valence-electron chi connectivity index (χ3n) is 8.16. The third kappa shape index (κ3) is 4.30. The number of benzene rings is 2. The summed E-state index contributed by atoms with van der Waals surface area (Å²) in [6.45, 7) is 1.82. The highest BCUT2D eigenvalue weighted by molar-refractivity contribution is 6.04. The minimum absolute atomic E-state index is 0.232. The Morgan fingerprint density at radius 3 is 2.61 bits per heavy atom. The van der Waals surface area contributed by atoms with Crippen molar-refractivity contribution in [2.24, 2.45) is 5.92 Å². The highest BCUT2D eigenvalue weighted by Crippen LogP contribution is 2.57. The average Bonchev–Trinajstić information content (AvgIpc) is 2.85. The maximum Gasteiger partial charge on any atom is 0.417 e. The lowest BCUT2D eigenvalue weighted by molar-refractivity contribution is -0.279. The van der Waals surface area contributed by atoms with E-state index in [-0.39, 0.29) is 31.1 Å². The van der Waals surface area contributed by atoms with Crippen LogP contribution in [-0.2, 0) is 18.3 Å². The van der Waals surface area contributed by atoms with Crippen LogP contribution >= 0.6 is 0 Å². The summed E-state index contributed by atoms with van der Waals surface area (Å²) in [7, 11) is 0. The molecular formula is C29H29F3N2O2. The van der Waals surface area contributed by atoms with Crippen molar-refractivity contribution in [2.45, 2.75) is 62.6 Å². The second-order valence-electron chi connectivity index (χ2n) is 10.3. The van der Waals surface area contributed by atoms with Crippen LogP contribution in [0.2, 0.25) is 0 Å². The fourth-order valence-corrected chi connectivity index (χ4v) is 6.19. The van der Waals surface area contributed by atoms with E-state index in [0.717, 1.165) is 16.7 Å². The molecule has 36 heavy (non-hydrogen) atoms. The fraction of sp³-hybridized carbons (Fsp3) is 0.379. The Bertz CT molecular complexity index is 1280. The molecule has 0 bridgehead atoms. The van der Waals surface area contributed by atoms with Crippen LogP contribution in [0.25, 0.3) is 0 Å². The number of aromatic nitrogens is 1. The molecule has 2 aliphatic carbocycles. The van der Waals surface area contributed by atoms with Gasteiger partial charge in [-0.3, -0.25) is 9.78 Å². The first-order valence-corrected chi connectivity index (χ1v) is 12.3. The van der Waals surface area contributed by atoms with Crippen LogP contribution in [0.1, 0.15) is 58.4 Å².